The molecule has 0 saturated carbocycles. The van der Waals surface area contributed by atoms with Crippen LogP contribution < -0.4 is 5.32 Å². The van der Waals surface area contributed by atoms with Crippen LogP contribution in [0.5, 0.6) is 0 Å². The molecule has 4 heteroatoms. The Labute approximate surface area is 109 Å². The fraction of sp³-hybridized carbons (Fsp3) is 0.500. The standard InChI is InChI=1S/C14H22N4/c1-4-18-11-14(8-16-18)10-17-6-5-13(9-17)7-15-12(2)3/h5-6,8-9,11-12,15H,4,7,10H2,1-3H3. The summed E-state index contributed by atoms with van der Waals surface area (Å²) in [6.07, 6.45) is 8.36. The molecule has 4 nitrogen and oxygen atoms in total. The third-order valence-corrected chi connectivity index (χ3v) is 2.90. The van der Waals surface area contributed by atoms with E-state index in [1.807, 2.05) is 10.9 Å². The van der Waals surface area contributed by atoms with Gasteiger partial charge in [-0.3, -0.25) is 4.68 Å². The SMILES string of the molecule is CCn1cc(Cn2ccc(CNC(C)C)c2)cn1. The van der Waals surface area contributed by atoms with E-state index in [1.165, 1.54) is 11.1 Å². The fourth-order valence-corrected chi connectivity index (χ4v) is 1.89. The van der Waals surface area contributed by atoms with Gasteiger partial charge in [-0.05, 0) is 18.6 Å². The quantitative estimate of drug-likeness (QED) is 0.848. The van der Waals surface area contributed by atoms with Gasteiger partial charge in [-0.1, -0.05) is 13.8 Å². The Hall–Kier alpha value is -1.55. The van der Waals surface area contributed by atoms with E-state index in [2.05, 4.69) is 60.4 Å². The maximum absolute atomic E-state index is 4.29. The Morgan fingerprint density at radius 2 is 2.11 bits per heavy atom. The zero-order valence-corrected chi connectivity index (χ0v) is 11.4. The Balaban J connectivity index is 1.93. The van der Waals surface area contributed by atoms with Gasteiger partial charge in [0.05, 0.1) is 12.7 Å². The van der Waals surface area contributed by atoms with Crippen molar-refractivity contribution < 1.29 is 0 Å². The van der Waals surface area contributed by atoms with Crippen LogP contribution in [-0.2, 0) is 19.6 Å². The highest BCUT2D eigenvalue weighted by molar-refractivity contribution is 5.13. The van der Waals surface area contributed by atoms with E-state index < -0.39 is 0 Å². The minimum absolute atomic E-state index is 0.524. The molecule has 0 atom stereocenters. The molecule has 0 bridgehead atoms. The molecule has 0 aromatic carbocycles. The number of hydrogen-bond donors (Lipinski definition) is 1. The van der Waals surface area contributed by atoms with Crippen LogP contribution in [0.4, 0.5) is 0 Å². The Morgan fingerprint density at radius 1 is 1.28 bits per heavy atom. The zero-order valence-electron chi connectivity index (χ0n) is 11.4. The van der Waals surface area contributed by atoms with E-state index >= 15 is 0 Å². The highest BCUT2D eigenvalue weighted by Gasteiger charge is 2.01. The van der Waals surface area contributed by atoms with Crippen LogP contribution in [0.25, 0.3) is 0 Å². The molecule has 0 aliphatic rings. The number of nitrogens with zero attached hydrogens (tertiary/aromatic N) is 3. The van der Waals surface area contributed by atoms with Crippen LogP contribution in [0.3, 0.4) is 0 Å². The van der Waals surface area contributed by atoms with Crippen molar-refractivity contribution in [3.05, 3.63) is 42.0 Å². The van der Waals surface area contributed by atoms with E-state index in [0.717, 1.165) is 19.6 Å². The topological polar surface area (TPSA) is 34.8 Å². The van der Waals surface area contributed by atoms with Gasteiger partial charge in [-0.25, -0.2) is 0 Å². The van der Waals surface area contributed by atoms with E-state index in [0.29, 0.717) is 6.04 Å². The molecule has 0 spiro atoms. The van der Waals surface area contributed by atoms with Gasteiger partial charge in [-0.15, -0.1) is 0 Å². The Bertz CT molecular complexity index is 481. The molecule has 18 heavy (non-hydrogen) atoms. The lowest BCUT2D eigenvalue weighted by molar-refractivity contribution is 0.588. The lowest BCUT2D eigenvalue weighted by Crippen LogP contribution is -2.21. The zero-order chi connectivity index (χ0) is 13.0. The van der Waals surface area contributed by atoms with Crippen molar-refractivity contribution in [2.75, 3.05) is 0 Å². The predicted octanol–water partition coefficient (Wildman–Crippen LogP) is 2.25. The van der Waals surface area contributed by atoms with Crippen LogP contribution in [-0.4, -0.2) is 20.4 Å². The molecule has 2 heterocycles. The molecule has 0 radical (unpaired) electrons. The first-order valence-corrected chi connectivity index (χ1v) is 6.56. The average Bonchev–Trinajstić information content (AvgIpc) is 2.96. The molecule has 2 aromatic rings. The van der Waals surface area contributed by atoms with Crippen LogP contribution in [0.15, 0.2) is 30.9 Å². The van der Waals surface area contributed by atoms with Crippen molar-refractivity contribution >= 4 is 0 Å². The number of nitrogens with one attached hydrogen (secondary N) is 1. The number of aromatic nitrogens is 3. The normalized spacial score (nSPS) is 11.3. The number of aryl methyl sites for hydroxylation is 1. The Morgan fingerprint density at radius 3 is 2.78 bits per heavy atom. The molecular formula is C14H22N4. The summed E-state index contributed by atoms with van der Waals surface area (Å²) in [6.45, 7) is 9.17. The van der Waals surface area contributed by atoms with Crippen molar-refractivity contribution in [3.8, 4) is 0 Å². The molecule has 2 rings (SSSR count). The van der Waals surface area contributed by atoms with Gasteiger partial charge in [0.1, 0.15) is 0 Å². The molecule has 0 aliphatic carbocycles. The van der Waals surface area contributed by atoms with Crippen LogP contribution in [0.1, 0.15) is 31.9 Å². The molecule has 2 aromatic heterocycles. The summed E-state index contributed by atoms with van der Waals surface area (Å²) in [5.41, 5.74) is 2.57. The van der Waals surface area contributed by atoms with Gasteiger partial charge in [0.2, 0.25) is 0 Å². The van der Waals surface area contributed by atoms with Gasteiger partial charge < -0.3 is 9.88 Å². The first-order valence-electron chi connectivity index (χ1n) is 6.56. The van der Waals surface area contributed by atoms with Gasteiger partial charge >= 0.3 is 0 Å². The second-order valence-corrected chi connectivity index (χ2v) is 4.93. The summed E-state index contributed by atoms with van der Waals surface area (Å²) in [5.74, 6) is 0. The lowest BCUT2D eigenvalue weighted by atomic mass is 10.3. The third-order valence-electron chi connectivity index (χ3n) is 2.90. The van der Waals surface area contributed by atoms with Crippen LogP contribution >= 0.6 is 0 Å². The summed E-state index contributed by atoms with van der Waals surface area (Å²) >= 11 is 0. The molecular weight excluding hydrogens is 224 g/mol. The highest BCUT2D eigenvalue weighted by atomic mass is 15.3. The maximum Gasteiger partial charge on any atom is 0.0539 e. The summed E-state index contributed by atoms with van der Waals surface area (Å²) in [6, 6.07) is 2.69. The van der Waals surface area contributed by atoms with Crippen molar-refractivity contribution in [2.45, 2.75) is 46.4 Å². The minimum Gasteiger partial charge on any atom is -0.349 e. The summed E-state index contributed by atoms with van der Waals surface area (Å²) in [5, 5.41) is 7.71. The van der Waals surface area contributed by atoms with E-state index in [4.69, 9.17) is 0 Å². The van der Waals surface area contributed by atoms with Crippen molar-refractivity contribution in [2.24, 2.45) is 0 Å². The maximum atomic E-state index is 4.29. The van der Waals surface area contributed by atoms with E-state index in [9.17, 15) is 0 Å². The summed E-state index contributed by atoms with van der Waals surface area (Å²) < 4.78 is 4.16. The monoisotopic (exact) mass is 246 g/mol. The Kier molecular flexibility index (Phi) is 4.20. The van der Waals surface area contributed by atoms with Crippen molar-refractivity contribution in [1.82, 2.24) is 19.7 Å². The number of hydrogen-bond acceptors (Lipinski definition) is 2. The fourth-order valence-electron chi connectivity index (χ4n) is 1.89. The molecule has 0 amide bonds. The first kappa shape index (κ1) is 12.9. The second kappa shape index (κ2) is 5.87. The number of rotatable bonds is 6. The molecule has 0 fully saturated rings. The minimum atomic E-state index is 0.524. The van der Waals surface area contributed by atoms with Gasteiger partial charge in [0.25, 0.3) is 0 Å². The molecule has 98 valence electrons. The molecule has 0 saturated heterocycles. The predicted molar refractivity (Wildman–Crippen MR) is 73.4 cm³/mol. The van der Waals surface area contributed by atoms with Crippen LogP contribution in [0, 0.1) is 0 Å². The summed E-state index contributed by atoms with van der Waals surface area (Å²) in [7, 11) is 0. The average molecular weight is 246 g/mol. The first-order chi connectivity index (χ1) is 8.67. The second-order valence-electron chi connectivity index (χ2n) is 4.93. The van der Waals surface area contributed by atoms with E-state index in [-0.39, 0.29) is 0 Å². The van der Waals surface area contributed by atoms with Gasteiger partial charge in [0, 0.05) is 43.3 Å². The largest absolute Gasteiger partial charge is 0.349 e. The van der Waals surface area contributed by atoms with Crippen LogP contribution in [0.2, 0.25) is 0 Å². The third kappa shape index (κ3) is 3.47. The lowest BCUT2D eigenvalue weighted by Gasteiger charge is -2.05. The summed E-state index contributed by atoms with van der Waals surface area (Å²) in [4.78, 5) is 0. The van der Waals surface area contributed by atoms with E-state index in [1.54, 1.807) is 0 Å². The van der Waals surface area contributed by atoms with Gasteiger partial charge in [0.15, 0.2) is 0 Å². The molecule has 1 N–H and O–H groups in total. The van der Waals surface area contributed by atoms with Crippen molar-refractivity contribution in [3.63, 3.8) is 0 Å². The highest BCUT2D eigenvalue weighted by Crippen LogP contribution is 2.06. The van der Waals surface area contributed by atoms with Gasteiger partial charge in [-0.2, -0.15) is 5.10 Å². The van der Waals surface area contributed by atoms with Crippen molar-refractivity contribution in [1.29, 1.82) is 0 Å². The smallest absolute Gasteiger partial charge is 0.0539 e. The molecule has 0 unspecified atom stereocenters. The molecule has 0 aliphatic heterocycles.